The van der Waals surface area contributed by atoms with Gasteiger partial charge in [0.25, 0.3) is 0 Å². The Hall–Kier alpha value is -1.60. The zero-order chi connectivity index (χ0) is 23.1. The smallest absolute Gasteiger partial charge is 0.158 e. The minimum Gasteiger partial charge on any atom is -0.352 e. The van der Waals surface area contributed by atoms with Crippen LogP contribution in [0, 0.1) is 0 Å². The van der Waals surface area contributed by atoms with Gasteiger partial charge in [0.1, 0.15) is 0 Å². The quantitative estimate of drug-likeness (QED) is 0.397. The maximum Gasteiger partial charge on any atom is 0.158 e. The van der Waals surface area contributed by atoms with Gasteiger partial charge < -0.3 is 9.79 Å². The SMILES string of the molecule is CC(C)(C)c1cccc(-c2ccccc2-c2ccccc2)c1C(C)(C)C.OPOPO. The molecule has 0 fully saturated rings. The monoisotopic (exact) mass is 456 g/mol. The fraction of sp³-hybridized carbons (Fsp3) is 0.308. The standard InChI is InChI=1S/C26H30.H4O3P2/c1-25(2,3)23-18-12-17-22(24(23)26(4,5)6)21-16-11-10-15-20(21)19-13-8-7-9-14-19;1-4-3-5-2/h7-18H,1-6H3;1-2,4-5H. The summed E-state index contributed by atoms with van der Waals surface area (Å²) in [6.45, 7) is 13.9. The van der Waals surface area contributed by atoms with E-state index in [1.807, 2.05) is 0 Å². The van der Waals surface area contributed by atoms with Crippen molar-refractivity contribution in [3.63, 3.8) is 0 Å². The van der Waals surface area contributed by atoms with Gasteiger partial charge in [-0.25, -0.2) is 0 Å². The fourth-order valence-corrected chi connectivity index (χ4v) is 3.98. The zero-order valence-corrected chi connectivity index (χ0v) is 21.2. The van der Waals surface area contributed by atoms with Crippen molar-refractivity contribution in [2.24, 2.45) is 0 Å². The first-order valence-electron chi connectivity index (χ1n) is 10.3. The molecule has 0 saturated heterocycles. The van der Waals surface area contributed by atoms with Gasteiger partial charge in [0.05, 0.1) is 0 Å². The molecule has 0 aliphatic carbocycles. The van der Waals surface area contributed by atoms with Gasteiger partial charge in [-0.2, -0.15) is 0 Å². The summed E-state index contributed by atoms with van der Waals surface area (Å²) in [5.74, 6) is 0. The molecule has 0 aliphatic rings. The highest BCUT2D eigenvalue weighted by molar-refractivity contribution is 7.39. The molecule has 0 radical (unpaired) electrons. The highest BCUT2D eigenvalue weighted by atomic mass is 31.2. The third kappa shape index (κ3) is 6.94. The summed E-state index contributed by atoms with van der Waals surface area (Å²) in [6, 6.07) is 26.3. The van der Waals surface area contributed by atoms with Crippen LogP contribution in [0.15, 0.2) is 72.8 Å². The Balaban J connectivity index is 0.000000614. The van der Waals surface area contributed by atoms with Crippen LogP contribution in [0.3, 0.4) is 0 Å². The first-order valence-corrected chi connectivity index (χ1v) is 12.0. The summed E-state index contributed by atoms with van der Waals surface area (Å²) >= 11 is 0. The Morgan fingerprint density at radius 3 is 1.58 bits per heavy atom. The lowest BCUT2D eigenvalue weighted by molar-refractivity contribution is 0.496. The molecule has 2 atom stereocenters. The van der Waals surface area contributed by atoms with Crippen LogP contribution in [0.5, 0.6) is 0 Å². The normalized spacial score (nSPS) is 12.4. The lowest BCUT2D eigenvalue weighted by atomic mass is 9.72. The van der Waals surface area contributed by atoms with Crippen LogP contribution < -0.4 is 0 Å². The minimum atomic E-state index is -0.580. The highest BCUT2D eigenvalue weighted by Crippen LogP contribution is 2.43. The molecule has 2 unspecified atom stereocenters. The van der Waals surface area contributed by atoms with Gasteiger partial charge in [-0.1, -0.05) is 114 Å². The number of rotatable bonds is 4. The maximum absolute atomic E-state index is 7.72. The molecular formula is C26H34O3P2. The molecule has 5 heteroatoms. The van der Waals surface area contributed by atoms with Gasteiger partial charge in [0.2, 0.25) is 0 Å². The van der Waals surface area contributed by atoms with Gasteiger partial charge in [-0.05, 0) is 44.2 Å². The largest absolute Gasteiger partial charge is 0.352 e. The summed E-state index contributed by atoms with van der Waals surface area (Å²) in [7, 11) is -1.16. The predicted molar refractivity (Wildman–Crippen MR) is 137 cm³/mol. The summed E-state index contributed by atoms with van der Waals surface area (Å²) in [4.78, 5) is 15.4. The molecule has 0 aliphatic heterocycles. The third-order valence-corrected chi connectivity index (χ3v) is 5.75. The molecule has 0 aromatic heterocycles. The van der Waals surface area contributed by atoms with Crippen LogP contribution in [-0.4, -0.2) is 9.79 Å². The summed E-state index contributed by atoms with van der Waals surface area (Å²) in [6.07, 6.45) is 0. The molecule has 3 aromatic rings. The van der Waals surface area contributed by atoms with Crippen molar-refractivity contribution in [1.29, 1.82) is 0 Å². The average Bonchev–Trinajstić information content (AvgIpc) is 2.74. The Morgan fingerprint density at radius 2 is 1.10 bits per heavy atom. The molecule has 3 aromatic carbocycles. The van der Waals surface area contributed by atoms with Crippen molar-refractivity contribution in [1.82, 2.24) is 0 Å². The second kappa shape index (κ2) is 11.3. The van der Waals surface area contributed by atoms with Gasteiger partial charge in [0, 0.05) is 0 Å². The molecular weight excluding hydrogens is 422 g/mol. The van der Waals surface area contributed by atoms with Crippen molar-refractivity contribution < 1.29 is 14.1 Å². The van der Waals surface area contributed by atoms with Crippen LogP contribution >= 0.6 is 18.1 Å². The lowest BCUT2D eigenvalue weighted by Crippen LogP contribution is -2.23. The van der Waals surface area contributed by atoms with Crippen LogP contribution in [0.25, 0.3) is 22.3 Å². The van der Waals surface area contributed by atoms with Crippen molar-refractivity contribution in [3.05, 3.63) is 83.9 Å². The Labute approximate surface area is 190 Å². The molecule has 0 amide bonds. The Morgan fingerprint density at radius 1 is 0.581 bits per heavy atom. The van der Waals surface area contributed by atoms with Crippen molar-refractivity contribution in [2.45, 2.75) is 52.4 Å². The second-order valence-electron chi connectivity index (χ2n) is 9.42. The van der Waals surface area contributed by atoms with Crippen LogP contribution in [-0.2, 0) is 15.1 Å². The number of hydrogen-bond acceptors (Lipinski definition) is 3. The molecule has 31 heavy (non-hydrogen) atoms. The van der Waals surface area contributed by atoms with Gasteiger partial charge >= 0.3 is 0 Å². The first kappa shape index (κ1) is 25.7. The first-order chi connectivity index (χ1) is 14.6. The summed E-state index contributed by atoms with van der Waals surface area (Å²) in [5.41, 5.74) is 8.30. The van der Waals surface area contributed by atoms with Crippen molar-refractivity contribution in [2.75, 3.05) is 0 Å². The van der Waals surface area contributed by atoms with Gasteiger partial charge in [-0.3, -0.25) is 4.31 Å². The molecule has 0 heterocycles. The molecule has 0 spiro atoms. The molecule has 3 nitrogen and oxygen atoms in total. The van der Waals surface area contributed by atoms with E-state index in [0.29, 0.717) is 0 Å². The van der Waals surface area contributed by atoms with Gasteiger partial charge in [-0.15, -0.1) is 0 Å². The van der Waals surface area contributed by atoms with E-state index in [4.69, 9.17) is 9.79 Å². The Kier molecular flexibility index (Phi) is 9.37. The van der Waals surface area contributed by atoms with Crippen LogP contribution in [0.1, 0.15) is 52.7 Å². The summed E-state index contributed by atoms with van der Waals surface area (Å²) in [5, 5.41) is 0. The minimum absolute atomic E-state index is 0.0724. The molecule has 2 N–H and O–H groups in total. The molecule has 166 valence electrons. The van der Waals surface area contributed by atoms with Gasteiger partial charge in [0.15, 0.2) is 18.1 Å². The highest BCUT2D eigenvalue weighted by Gasteiger charge is 2.28. The second-order valence-corrected chi connectivity index (χ2v) is 10.6. The molecule has 0 bridgehead atoms. The average molecular weight is 457 g/mol. The van der Waals surface area contributed by atoms with E-state index in [9.17, 15) is 0 Å². The summed E-state index contributed by atoms with van der Waals surface area (Å²) < 4.78 is 4.00. The predicted octanol–water partition coefficient (Wildman–Crippen LogP) is 7.62. The van der Waals surface area contributed by atoms with E-state index in [1.165, 1.54) is 33.4 Å². The number of benzene rings is 3. The van der Waals surface area contributed by atoms with Crippen LogP contribution in [0.2, 0.25) is 0 Å². The van der Waals surface area contributed by atoms with E-state index >= 15 is 0 Å². The number of hydrogen-bond donors (Lipinski definition) is 2. The van der Waals surface area contributed by atoms with Crippen molar-refractivity contribution in [3.8, 4) is 22.3 Å². The third-order valence-electron chi connectivity index (χ3n) is 5.02. The van der Waals surface area contributed by atoms with E-state index in [2.05, 4.69) is 119 Å². The van der Waals surface area contributed by atoms with E-state index < -0.39 is 18.1 Å². The molecule has 3 rings (SSSR count). The molecule has 0 saturated carbocycles. The van der Waals surface area contributed by atoms with Crippen molar-refractivity contribution >= 4 is 18.1 Å². The maximum atomic E-state index is 7.72. The van der Waals surface area contributed by atoms with E-state index in [1.54, 1.807) is 0 Å². The van der Waals surface area contributed by atoms with Crippen LogP contribution in [0.4, 0.5) is 0 Å². The zero-order valence-electron chi connectivity index (χ0n) is 19.2. The van der Waals surface area contributed by atoms with E-state index in [-0.39, 0.29) is 10.8 Å². The fourth-order valence-electron chi connectivity index (χ4n) is 3.82. The Bertz CT molecular complexity index is 956. The lowest BCUT2D eigenvalue weighted by Gasteiger charge is -2.33. The van der Waals surface area contributed by atoms with E-state index in [0.717, 1.165) is 0 Å². The topological polar surface area (TPSA) is 49.7 Å².